The number of alkyl halides is 3. The molecular formula is C30H32F3N5O. The number of anilines is 1. The monoisotopic (exact) mass is 535 g/mol. The highest BCUT2D eigenvalue weighted by molar-refractivity contribution is 5.92. The lowest BCUT2D eigenvalue weighted by Crippen LogP contribution is -2.38. The normalized spacial score (nSPS) is 16.7. The summed E-state index contributed by atoms with van der Waals surface area (Å²) in [6, 6.07) is 15.4. The Balaban J connectivity index is 1.44. The maximum Gasteiger partial charge on any atom is 0.391 e. The van der Waals surface area contributed by atoms with Crippen molar-refractivity contribution in [2.24, 2.45) is 5.92 Å². The summed E-state index contributed by atoms with van der Waals surface area (Å²) in [6.45, 7) is 5.07. The Morgan fingerprint density at radius 1 is 1.05 bits per heavy atom. The van der Waals surface area contributed by atoms with Crippen LogP contribution in [-0.4, -0.2) is 40.3 Å². The number of piperidine rings is 1. The molecule has 2 atom stereocenters. The second kappa shape index (κ2) is 11.6. The first-order valence-corrected chi connectivity index (χ1v) is 13.3. The number of benzene rings is 2. The van der Waals surface area contributed by atoms with E-state index in [4.69, 9.17) is 9.72 Å². The van der Waals surface area contributed by atoms with Crippen molar-refractivity contribution in [1.82, 2.24) is 20.3 Å². The number of fused-ring (bicyclic) bond motifs is 1. The van der Waals surface area contributed by atoms with Gasteiger partial charge in [0.1, 0.15) is 5.75 Å². The fraction of sp³-hybridized carbons (Fsp3) is 0.367. The topological polar surface area (TPSA) is 72.0 Å². The van der Waals surface area contributed by atoms with Gasteiger partial charge in [-0.05, 0) is 73.9 Å². The lowest BCUT2D eigenvalue weighted by atomic mass is 9.95. The molecule has 1 aliphatic heterocycles. The highest BCUT2D eigenvalue weighted by atomic mass is 19.4. The van der Waals surface area contributed by atoms with Crippen LogP contribution in [0.3, 0.4) is 0 Å². The van der Waals surface area contributed by atoms with Gasteiger partial charge >= 0.3 is 6.18 Å². The molecule has 9 heteroatoms. The molecule has 5 rings (SSSR count). The summed E-state index contributed by atoms with van der Waals surface area (Å²) in [5.74, 6) is 0.203. The fourth-order valence-corrected chi connectivity index (χ4v) is 4.89. The van der Waals surface area contributed by atoms with E-state index in [0.717, 1.165) is 53.4 Å². The molecule has 0 radical (unpaired) electrons. The molecule has 0 bridgehead atoms. The van der Waals surface area contributed by atoms with Gasteiger partial charge in [-0.3, -0.25) is 0 Å². The Hall–Kier alpha value is -3.72. The number of nitrogens with zero attached hydrogens (tertiary/aromatic N) is 3. The van der Waals surface area contributed by atoms with E-state index in [2.05, 4.69) is 20.6 Å². The van der Waals surface area contributed by atoms with Crippen molar-refractivity contribution in [3.63, 3.8) is 0 Å². The van der Waals surface area contributed by atoms with Crippen molar-refractivity contribution in [2.75, 3.05) is 18.4 Å². The van der Waals surface area contributed by atoms with Crippen molar-refractivity contribution in [1.29, 1.82) is 0 Å². The molecule has 2 aromatic heterocycles. The first-order valence-electron chi connectivity index (χ1n) is 13.3. The molecule has 4 aromatic rings. The standard InChI is InChI=1S/C30H32F3N5O/c1-19-10-13-23-21(12-11-20(2)30(31,32)33)6-3-8-24(23)27(19)39-28-25(9-5-16-35-28)26-14-17-36-29(38-26)37-22-7-4-15-34-18-22/h3,5-6,8-10,13-14,16-17,20,22,34H,4,7,11-12,15,18H2,1-2H3,(H,36,37,38)/t20-,22+/m1/s1. The third kappa shape index (κ3) is 6.30. The van der Waals surface area contributed by atoms with Gasteiger partial charge in [-0.15, -0.1) is 0 Å². The maximum atomic E-state index is 13.1. The number of ether oxygens (including phenoxy) is 1. The second-order valence-electron chi connectivity index (χ2n) is 10.1. The predicted molar refractivity (Wildman–Crippen MR) is 147 cm³/mol. The van der Waals surface area contributed by atoms with Gasteiger partial charge in [0.15, 0.2) is 0 Å². The SMILES string of the molecule is Cc1ccc2c(CC[C@@H](C)C(F)(F)F)cccc2c1Oc1ncccc1-c1ccnc(N[C@H]2CCCNC2)n1. The minimum absolute atomic E-state index is 0.0259. The molecule has 0 aliphatic carbocycles. The molecule has 3 heterocycles. The van der Waals surface area contributed by atoms with Crippen molar-refractivity contribution >= 4 is 16.7 Å². The number of aryl methyl sites for hydroxylation is 2. The molecule has 1 fully saturated rings. The Morgan fingerprint density at radius 3 is 2.72 bits per heavy atom. The van der Waals surface area contributed by atoms with Gasteiger partial charge in [-0.2, -0.15) is 13.2 Å². The Labute approximate surface area is 226 Å². The van der Waals surface area contributed by atoms with Crippen LogP contribution in [0.2, 0.25) is 0 Å². The molecule has 39 heavy (non-hydrogen) atoms. The molecule has 6 nitrogen and oxygen atoms in total. The average molecular weight is 536 g/mol. The smallest absolute Gasteiger partial charge is 0.391 e. The summed E-state index contributed by atoms with van der Waals surface area (Å²) < 4.78 is 45.8. The van der Waals surface area contributed by atoms with Gasteiger partial charge in [0.2, 0.25) is 11.8 Å². The van der Waals surface area contributed by atoms with Crippen molar-refractivity contribution in [3.05, 3.63) is 72.1 Å². The largest absolute Gasteiger partial charge is 0.437 e. The van der Waals surface area contributed by atoms with Crippen molar-refractivity contribution in [3.8, 4) is 22.9 Å². The number of hydrogen-bond donors (Lipinski definition) is 2. The van der Waals surface area contributed by atoms with Crippen LogP contribution in [0.1, 0.15) is 37.3 Å². The number of hydrogen-bond acceptors (Lipinski definition) is 6. The zero-order chi connectivity index (χ0) is 27.4. The summed E-state index contributed by atoms with van der Waals surface area (Å²) in [5.41, 5.74) is 3.16. The number of halogens is 3. The highest BCUT2D eigenvalue weighted by Gasteiger charge is 2.35. The zero-order valence-electron chi connectivity index (χ0n) is 22.1. The number of aromatic nitrogens is 3. The quantitative estimate of drug-likeness (QED) is 0.251. The molecule has 0 saturated carbocycles. The first kappa shape index (κ1) is 26.9. The minimum Gasteiger partial charge on any atom is -0.437 e. The Morgan fingerprint density at radius 2 is 1.92 bits per heavy atom. The van der Waals surface area contributed by atoms with E-state index in [1.165, 1.54) is 6.92 Å². The molecule has 1 aliphatic rings. The molecule has 0 amide bonds. The van der Waals surface area contributed by atoms with Crippen LogP contribution >= 0.6 is 0 Å². The van der Waals surface area contributed by atoms with Crippen LogP contribution in [0.15, 0.2) is 60.9 Å². The van der Waals surface area contributed by atoms with Gasteiger partial charge in [-0.1, -0.05) is 37.3 Å². The molecular weight excluding hydrogens is 503 g/mol. The lowest BCUT2D eigenvalue weighted by molar-refractivity contribution is -0.170. The van der Waals surface area contributed by atoms with E-state index in [1.54, 1.807) is 12.4 Å². The third-order valence-electron chi connectivity index (χ3n) is 7.24. The van der Waals surface area contributed by atoms with E-state index in [0.29, 0.717) is 29.7 Å². The van der Waals surface area contributed by atoms with E-state index < -0.39 is 12.1 Å². The number of pyridine rings is 1. The maximum absolute atomic E-state index is 13.1. The van der Waals surface area contributed by atoms with Crippen molar-refractivity contribution < 1.29 is 17.9 Å². The van der Waals surface area contributed by atoms with Gasteiger partial charge in [0, 0.05) is 30.4 Å². The van der Waals surface area contributed by atoms with E-state index in [1.807, 2.05) is 55.5 Å². The second-order valence-corrected chi connectivity index (χ2v) is 10.1. The predicted octanol–water partition coefficient (Wildman–Crippen LogP) is 7.09. The Bertz CT molecular complexity index is 1440. The third-order valence-corrected chi connectivity index (χ3v) is 7.24. The molecule has 2 N–H and O–H groups in total. The van der Waals surface area contributed by atoms with E-state index >= 15 is 0 Å². The van der Waals surface area contributed by atoms with Gasteiger partial charge < -0.3 is 15.4 Å². The molecule has 0 spiro atoms. The van der Waals surface area contributed by atoms with Crippen LogP contribution in [0.5, 0.6) is 11.6 Å². The van der Waals surface area contributed by atoms with Crippen molar-refractivity contribution in [2.45, 2.75) is 51.7 Å². The van der Waals surface area contributed by atoms with Crippen LogP contribution < -0.4 is 15.4 Å². The van der Waals surface area contributed by atoms with Gasteiger partial charge in [0.05, 0.1) is 17.2 Å². The van der Waals surface area contributed by atoms with Crippen LogP contribution in [0, 0.1) is 12.8 Å². The summed E-state index contributed by atoms with van der Waals surface area (Å²) in [6.07, 6.45) is 1.69. The summed E-state index contributed by atoms with van der Waals surface area (Å²) >= 11 is 0. The summed E-state index contributed by atoms with van der Waals surface area (Å²) in [7, 11) is 0. The first-order chi connectivity index (χ1) is 18.8. The number of rotatable bonds is 8. The minimum atomic E-state index is -4.20. The Kier molecular flexibility index (Phi) is 7.97. The fourth-order valence-electron chi connectivity index (χ4n) is 4.89. The summed E-state index contributed by atoms with van der Waals surface area (Å²) in [5, 5.41) is 8.50. The molecule has 1 saturated heterocycles. The van der Waals surface area contributed by atoms with E-state index in [-0.39, 0.29) is 12.5 Å². The molecule has 204 valence electrons. The van der Waals surface area contributed by atoms with Crippen LogP contribution in [0.25, 0.3) is 22.0 Å². The highest BCUT2D eigenvalue weighted by Crippen LogP contribution is 2.38. The summed E-state index contributed by atoms with van der Waals surface area (Å²) in [4.78, 5) is 13.7. The average Bonchev–Trinajstić information content (AvgIpc) is 2.93. The van der Waals surface area contributed by atoms with Crippen LogP contribution in [0.4, 0.5) is 19.1 Å². The van der Waals surface area contributed by atoms with Crippen LogP contribution in [-0.2, 0) is 6.42 Å². The zero-order valence-corrected chi connectivity index (χ0v) is 22.1. The van der Waals surface area contributed by atoms with E-state index in [9.17, 15) is 13.2 Å². The van der Waals surface area contributed by atoms with Gasteiger partial charge in [-0.25, -0.2) is 15.0 Å². The molecule has 0 unspecified atom stereocenters. The number of nitrogens with one attached hydrogen (secondary N) is 2. The van der Waals surface area contributed by atoms with Gasteiger partial charge in [0.25, 0.3) is 0 Å². The molecule has 2 aromatic carbocycles. The lowest BCUT2D eigenvalue weighted by Gasteiger charge is -2.23.